The summed E-state index contributed by atoms with van der Waals surface area (Å²) in [7, 11) is 0. The Bertz CT molecular complexity index is 465. The van der Waals surface area contributed by atoms with Crippen LogP contribution in [0.4, 0.5) is 0 Å². The topological polar surface area (TPSA) is 77.9 Å². The first kappa shape index (κ1) is 13.9. The van der Waals surface area contributed by atoms with E-state index in [1.807, 2.05) is 0 Å². The van der Waals surface area contributed by atoms with E-state index in [0.717, 1.165) is 5.01 Å². The smallest absolute Gasteiger partial charge is 0.332 e. The second-order valence-electron chi connectivity index (χ2n) is 4.66. The van der Waals surface area contributed by atoms with E-state index in [2.05, 4.69) is 12.6 Å². The molecule has 2 heterocycles. The fraction of sp³-hybridized carbons (Fsp3) is 0.583. The highest BCUT2D eigenvalue weighted by Crippen LogP contribution is 2.40. The van der Waals surface area contributed by atoms with Gasteiger partial charge in [-0.05, 0) is 18.6 Å². The third-order valence-electron chi connectivity index (χ3n) is 3.78. The molecule has 0 aliphatic carbocycles. The van der Waals surface area contributed by atoms with Gasteiger partial charge in [0.1, 0.15) is 5.41 Å². The number of rotatable bonds is 4. The highest BCUT2D eigenvalue weighted by molar-refractivity contribution is 7.80. The van der Waals surface area contributed by atoms with Gasteiger partial charge in [-0.3, -0.25) is 9.59 Å². The number of carboxylic acid groups (broad SMARTS) is 1. The van der Waals surface area contributed by atoms with Crippen molar-refractivity contribution in [2.24, 2.45) is 5.41 Å². The molecule has 0 radical (unpaired) electrons. The number of hydrazine groups is 1. The molecule has 2 unspecified atom stereocenters. The third kappa shape index (κ3) is 1.83. The molecule has 19 heavy (non-hydrogen) atoms. The van der Waals surface area contributed by atoms with Crippen LogP contribution in [0.1, 0.15) is 19.8 Å². The lowest BCUT2D eigenvalue weighted by Crippen LogP contribution is -2.52. The van der Waals surface area contributed by atoms with Crippen LogP contribution < -0.4 is 0 Å². The van der Waals surface area contributed by atoms with Gasteiger partial charge in [0.2, 0.25) is 0 Å². The van der Waals surface area contributed by atoms with Gasteiger partial charge in [-0.1, -0.05) is 19.1 Å². The van der Waals surface area contributed by atoms with Crippen molar-refractivity contribution in [3.63, 3.8) is 0 Å². The van der Waals surface area contributed by atoms with Crippen molar-refractivity contribution >= 4 is 30.4 Å². The van der Waals surface area contributed by atoms with Crippen LogP contribution >= 0.6 is 12.6 Å². The van der Waals surface area contributed by atoms with E-state index in [9.17, 15) is 14.4 Å². The number of nitrogens with zero attached hydrogens (tertiary/aromatic N) is 2. The van der Waals surface area contributed by atoms with Gasteiger partial charge in [0, 0.05) is 0 Å². The maximum atomic E-state index is 12.5. The van der Waals surface area contributed by atoms with Crippen LogP contribution in [0.2, 0.25) is 0 Å². The standard InChI is InChI=1S/C12H16N2O4S/c1-2-12(5-7-19)10(17)13-6-3-4-8(9(15)16)14(13)11(12)18/h3-4,8,19H,2,5-7H2,1H3,(H,15,16). The van der Waals surface area contributed by atoms with E-state index >= 15 is 0 Å². The van der Waals surface area contributed by atoms with E-state index in [1.54, 1.807) is 13.0 Å². The van der Waals surface area contributed by atoms with Gasteiger partial charge in [-0.2, -0.15) is 12.6 Å². The zero-order valence-electron chi connectivity index (χ0n) is 10.6. The minimum Gasteiger partial charge on any atom is -0.479 e. The lowest BCUT2D eigenvalue weighted by atomic mass is 9.81. The third-order valence-corrected chi connectivity index (χ3v) is 4.00. The number of carbonyl (C=O) groups is 3. The van der Waals surface area contributed by atoms with Crippen molar-refractivity contribution in [3.05, 3.63) is 12.2 Å². The minimum atomic E-state index is -1.15. The number of carbonyl (C=O) groups excluding carboxylic acids is 2. The Labute approximate surface area is 116 Å². The quantitative estimate of drug-likeness (QED) is 0.442. The second kappa shape index (κ2) is 4.88. The van der Waals surface area contributed by atoms with Gasteiger partial charge in [0.25, 0.3) is 11.8 Å². The summed E-state index contributed by atoms with van der Waals surface area (Å²) in [5, 5.41) is 11.5. The molecule has 0 aromatic rings. The second-order valence-corrected chi connectivity index (χ2v) is 5.10. The Morgan fingerprint density at radius 2 is 2.21 bits per heavy atom. The van der Waals surface area contributed by atoms with Crippen molar-refractivity contribution in [2.75, 3.05) is 12.3 Å². The summed E-state index contributed by atoms with van der Waals surface area (Å²) in [5.74, 6) is -1.48. The van der Waals surface area contributed by atoms with Gasteiger partial charge in [0.15, 0.2) is 6.04 Å². The molecule has 6 nitrogen and oxygen atoms in total. The molecule has 0 saturated carbocycles. The largest absolute Gasteiger partial charge is 0.479 e. The zero-order valence-corrected chi connectivity index (χ0v) is 11.5. The van der Waals surface area contributed by atoms with Crippen LogP contribution in [0.5, 0.6) is 0 Å². The molecule has 1 saturated heterocycles. The van der Waals surface area contributed by atoms with Gasteiger partial charge >= 0.3 is 5.97 Å². The van der Waals surface area contributed by atoms with Crippen molar-refractivity contribution in [1.29, 1.82) is 0 Å². The van der Waals surface area contributed by atoms with Crippen molar-refractivity contribution < 1.29 is 19.5 Å². The number of hydrogen-bond acceptors (Lipinski definition) is 4. The number of thiol groups is 1. The van der Waals surface area contributed by atoms with Crippen molar-refractivity contribution in [2.45, 2.75) is 25.8 Å². The summed E-state index contributed by atoms with van der Waals surface area (Å²) in [6, 6.07) is -1.10. The normalized spacial score (nSPS) is 29.9. The average Bonchev–Trinajstić information content (AvgIpc) is 2.61. The Morgan fingerprint density at radius 3 is 2.74 bits per heavy atom. The first-order valence-corrected chi connectivity index (χ1v) is 6.78. The first-order valence-electron chi connectivity index (χ1n) is 6.15. The summed E-state index contributed by atoms with van der Waals surface area (Å²) < 4.78 is 0. The van der Waals surface area contributed by atoms with E-state index in [-0.39, 0.29) is 12.5 Å². The van der Waals surface area contributed by atoms with Crippen LogP contribution in [0, 0.1) is 5.41 Å². The summed E-state index contributed by atoms with van der Waals surface area (Å²) in [6.07, 6.45) is 3.72. The molecule has 0 aromatic carbocycles. The molecular weight excluding hydrogens is 268 g/mol. The molecule has 0 spiro atoms. The Kier molecular flexibility index (Phi) is 3.58. The fourth-order valence-electron chi connectivity index (χ4n) is 2.65. The van der Waals surface area contributed by atoms with Crippen LogP contribution in [0.25, 0.3) is 0 Å². The molecular formula is C12H16N2O4S. The van der Waals surface area contributed by atoms with E-state index in [1.165, 1.54) is 11.1 Å². The minimum absolute atomic E-state index is 0.239. The molecule has 2 aliphatic heterocycles. The van der Waals surface area contributed by atoms with Gasteiger partial charge in [-0.25, -0.2) is 14.8 Å². The van der Waals surface area contributed by atoms with E-state index in [0.29, 0.717) is 18.6 Å². The fourth-order valence-corrected chi connectivity index (χ4v) is 3.04. The number of aliphatic carboxylic acids is 1. The molecule has 2 amide bonds. The SMILES string of the molecule is CCC1(CCS)C(=O)N2CC=CC(C(=O)O)N2C1=O. The highest BCUT2D eigenvalue weighted by atomic mass is 32.1. The van der Waals surface area contributed by atoms with Crippen LogP contribution in [-0.4, -0.2) is 51.2 Å². The van der Waals surface area contributed by atoms with Gasteiger partial charge in [-0.15, -0.1) is 0 Å². The first-order chi connectivity index (χ1) is 8.99. The van der Waals surface area contributed by atoms with Crippen LogP contribution in [0.3, 0.4) is 0 Å². The molecule has 104 valence electrons. The summed E-state index contributed by atoms with van der Waals surface area (Å²) in [6.45, 7) is 2.00. The molecule has 0 aromatic heterocycles. The summed E-state index contributed by atoms with van der Waals surface area (Å²) >= 11 is 4.11. The van der Waals surface area contributed by atoms with E-state index in [4.69, 9.17) is 5.11 Å². The average molecular weight is 284 g/mol. The van der Waals surface area contributed by atoms with Crippen LogP contribution in [-0.2, 0) is 14.4 Å². The van der Waals surface area contributed by atoms with Crippen molar-refractivity contribution in [3.8, 4) is 0 Å². The summed E-state index contributed by atoms with van der Waals surface area (Å²) in [4.78, 5) is 36.2. The predicted octanol–water partition coefficient (Wildman–Crippen LogP) is 0.311. The molecule has 2 rings (SSSR count). The molecule has 1 N–H and O–H groups in total. The van der Waals surface area contributed by atoms with Crippen molar-refractivity contribution in [1.82, 2.24) is 10.0 Å². The Balaban J connectivity index is 2.44. The zero-order chi connectivity index (χ0) is 14.2. The monoisotopic (exact) mass is 284 g/mol. The lowest BCUT2D eigenvalue weighted by Gasteiger charge is -2.33. The number of amides is 2. The molecule has 0 bridgehead atoms. The molecule has 2 aliphatic rings. The highest BCUT2D eigenvalue weighted by Gasteiger charge is 2.59. The maximum absolute atomic E-state index is 12.5. The molecule has 2 atom stereocenters. The Hall–Kier alpha value is -1.50. The molecule has 1 fully saturated rings. The number of hydrogen-bond donors (Lipinski definition) is 2. The number of carboxylic acids is 1. The Morgan fingerprint density at radius 1 is 1.53 bits per heavy atom. The van der Waals surface area contributed by atoms with Gasteiger partial charge in [0.05, 0.1) is 6.54 Å². The van der Waals surface area contributed by atoms with E-state index < -0.39 is 23.3 Å². The summed E-state index contributed by atoms with van der Waals surface area (Å²) in [5.41, 5.74) is -1.15. The predicted molar refractivity (Wildman–Crippen MR) is 70.3 cm³/mol. The number of fused-ring (bicyclic) bond motifs is 1. The van der Waals surface area contributed by atoms with Gasteiger partial charge < -0.3 is 5.11 Å². The maximum Gasteiger partial charge on any atom is 0.332 e. The molecule has 7 heteroatoms. The van der Waals surface area contributed by atoms with Crippen LogP contribution in [0.15, 0.2) is 12.2 Å². The lowest BCUT2D eigenvalue weighted by molar-refractivity contribution is -0.161.